The maximum Gasteiger partial charge on any atom is 0.273 e. The van der Waals surface area contributed by atoms with E-state index in [2.05, 4.69) is 5.32 Å². The lowest BCUT2D eigenvalue weighted by atomic mass is 9.95. The van der Waals surface area contributed by atoms with Crippen LogP contribution in [0.1, 0.15) is 29.2 Å². The molecule has 9 heteroatoms. The molecule has 0 saturated carbocycles. The third-order valence-corrected chi connectivity index (χ3v) is 7.22. The molecule has 1 atom stereocenters. The SMILES string of the molecule is COc1cc2c(c(OC)c1OC)-c1ccc(SC)c(=O)cc1C(NCc1ccccc1[N+](=O)[O-])CC2. The molecule has 188 valence electrons. The average molecular weight is 509 g/mol. The number of para-hydroxylation sites is 1. The second-order valence-electron chi connectivity index (χ2n) is 8.32. The van der Waals surface area contributed by atoms with E-state index in [1.54, 1.807) is 45.6 Å². The van der Waals surface area contributed by atoms with Crippen LogP contribution in [0.2, 0.25) is 0 Å². The number of aryl methyl sites for hydroxylation is 1. The second kappa shape index (κ2) is 11.0. The van der Waals surface area contributed by atoms with Gasteiger partial charge in [-0.15, -0.1) is 11.8 Å². The number of benzene rings is 2. The topological polar surface area (TPSA) is 99.9 Å². The van der Waals surface area contributed by atoms with E-state index < -0.39 is 0 Å². The zero-order chi connectivity index (χ0) is 25.8. The summed E-state index contributed by atoms with van der Waals surface area (Å²) in [6.07, 6.45) is 3.20. The average Bonchev–Trinajstić information content (AvgIpc) is 3.14. The number of hydrogen-bond acceptors (Lipinski definition) is 8. The Morgan fingerprint density at radius 3 is 2.47 bits per heavy atom. The van der Waals surface area contributed by atoms with Gasteiger partial charge in [0.25, 0.3) is 5.69 Å². The van der Waals surface area contributed by atoms with Crippen LogP contribution in [0.3, 0.4) is 0 Å². The van der Waals surface area contributed by atoms with Crippen LogP contribution in [-0.4, -0.2) is 32.5 Å². The molecule has 0 aromatic heterocycles. The fourth-order valence-corrected chi connectivity index (χ4v) is 5.21. The standard InChI is InChI=1S/C27H28N2O6S/c1-33-23-13-16-9-11-20(28-15-17-7-5-6-8-21(17)29(31)32)19-14-22(30)24(36-4)12-10-18(19)25(16)27(35-3)26(23)34-2/h5-8,10,12-14,20,28H,9,11,15H2,1-4H3. The fraction of sp³-hybridized carbons (Fsp3) is 0.296. The van der Waals surface area contributed by atoms with Crippen molar-refractivity contribution in [2.75, 3.05) is 27.6 Å². The van der Waals surface area contributed by atoms with Crippen LogP contribution in [0, 0.1) is 10.1 Å². The van der Waals surface area contributed by atoms with E-state index in [9.17, 15) is 14.9 Å². The highest BCUT2D eigenvalue weighted by molar-refractivity contribution is 7.98. The van der Waals surface area contributed by atoms with Crippen molar-refractivity contribution < 1.29 is 19.1 Å². The number of hydrogen-bond donors (Lipinski definition) is 1. The minimum atomic E-state index is -0.377. The van der Waals surface area contributed by atoms with E-state index in [1.165, 1.54) is 17.8 Å². The molecule has 0 bridgehead atoms. The Morgan fingerprint density at radius 2 is 1.81 bits per heavy atom. The lowest BCUT2D eigenvalue weighted by Crippen LogP contribution is -2.22. The second-order valence-corrected chi connectivity index (χ2v) is 9.16. The smallest absolute Gasteiger partial charge is 0.273 e. The summed E-state index contributed by atoms with van der Waals surface area (Å²) >= 11 is 1.39. The van der Waals surface area contributed by atoms with Crippen molar-refractivity contribution >= 4 is 17.4 Å². The molecule has 36 heavy (non-hydrogen) atoms. The van der Waals surface area contributed by atoms with E-state index in [0.717, 1.165) is 22.3 Å². The van der Waals surface area contributed by atoms with Crippen LogP contribution < -0.4 is 25.0 Å². The summed E-state index contributed by atoms with van der Waals surface area (Å²) in [5.41, 5.74) is 4.07. The molecule has 0 fully saturated rings. The summed E-state index contributed by atoms with van der Waals surface area (Å²) in [5.74, 6) is 1.59. The van der Waals surface area contributed by atoms with Gasteiger partial charge in [0, 0.05) is 29.8 Å². The summed E-state index contributed by atoms with van der Waals surface area (Å²) in [4.78, 5) is 24.8. The predicted octanol–water partition coefficient (Wildman–Crippen LogP) is 5.15. The van der Waals surface area contributed by atoms with Gasteiger partial charge in [-0.1, -0.05) is 24.3 Å². The monoisotopic (exact) mass is 508 g/mol. The molecule has 0 heterocycles. The van der Waals surface area contributed by atoms with E-state index >= 15 is 0 Å². The first-order chi connectivity index (χ1) is 17.4. The minimum Gasteiger partial charge on any atom is -0.493 e. The Morgan fingerprint density at radius 1 is 1.06 bits per heavy atom. The molecule has 8 nitrogen and oxygen atoms in total. The van der Waals surface area contributed by atoms with Gasteiger partial charge in [0.2, 0.25) is 5.75 Å². The summed E-state index contributed by atoms with van der Waals surface area (Å²) in [6, 6.07) is 13.8. The zero-order valence-electron chi connectivity index (χ0n) is 20.6. The molecule has 4 rings (SSSR count). The molecule has 0 saturated heterocycles. The van der Waals surface area contributed by atoms with Crippen molar-refractivity contribution in [2.45, 2.75) is 30.3 Å². The molecule has 0 aliphatic heterocycles. The number of nitrogens with one attached hydrogen (secondary N) is 1. The van der Waals surface area contributed by atoms with Crippen LogP contribution in [0.15, 0.2) is 58.2 Å². The minimum absolute atomic E-state index is 0.0612. The number of rotatable bonds is 8. The number of ether oxygens (including phenoxy) is 3. The molecule has 0 radical (unpaired) electrons. The molecular formula is C27H28N2O6S. The van der Waals surface area contributed by atoms with E-state index in [-0.39, 0.29) is 28.6 Å². The van der Waals surface area contributed by atoms with Crippen molar-refractivity contribution in [2.24, 2.45) is 0 Å². The van der Waals surface area contributed by atoms with Gasteiger partial charge >= 0.3 is 0 Å². The van der Waals surface area contributed by atoms with Crippen LogP contribution in [0.4, 0.5) is 5.69 Å². The van der Waals surface area contributed by atoms with E-state index in [0.29, 0.717) is 40.5 Å². The molecule has 0 spiro atoms. The number of fused-ring (bicyclic) bond motifs is 3. The number of thioether (sulfide) groups is 1. The first-order valence-electron chi connectivity index (χ1n) is 11.4. The number of methoxy groups -OCH3 is 3. The molecule has 0 amide bonds. The van der Waals surface area contributed by atoms with Crippen molar-refractivity contribution in [3.8, 4) is 28.4 Å². The molecular weight excluding hydrogens is 480 g/mol. The van der Waals surface area contributed by atoms with Crippen LogP contribution in [0.5, 0.6) is 17.2 Å². The molecule has 3 aromatic rings. The lowest BCUT2D eigenvalue weighted by Gasteiger charge is -2.20. The Balaban J connectivity index is 1.89. The highest BCUT2D eigenvalue weighted by Crippen LogP contribution is 2.50. The number of nitro groups is 1. The Hall–Kier alpha value is -3.56. The summed E-state index contributed by atoms with van der Waals surface area (Å²) < 4.78 is 17.1. The van der Waals surface area contributed by atoms with Gasteiger partial charge in [-0.05, 0) is 54.0 Å². The van der Waals surface area contributed by atoms with E-state index in [1.807, 2.05) is 24.5 Å². The zero-order valence-corrected chi connectivity index (χ0v) is 21.4. The van der Waals surface area contributed by atoms with Crippen molar-refractivity contribution in [1.82, 2.24) is 5.32 Å². The Kier molecular flexibility index (Phi) is 7.81. The van der Waals surface area contributed by atoms with Gasteiger partial charge in [-0.2, -0.15) is 0 Å². The molecule has 1 unspecified atom stereocenters. The van der Waals surface area contributed by atoms with Gasteiger partial charge in [0.05, 0.1) is 31.1 Å². The highest BCUT2D eigenvalue weighted by atomic mass is 32.2. The van der Waals surface area contributed by atoms with Crippen molar-refractivity contribution in [3.05, 3.63) is 85.6 Å². The highest BCUT2D eigenvalue weighted by Gasteiger charge is 2.29. The first-order valence-corrected chi connectivity index (χ1v) is 12.7. The third kappa shape index (κ3) is 4.76. The lowest BCUT2D eigenvalue weighted by molar-refractivity contribution is -0.385. The van der Waals surface area contributed by atoms with Gasteiger partial charge in [0.1, 0.15) is 0 Å². The maximum absolute atomic E-state index is 13.1. The van der Waals surface area contributed by atoms with Gasteiger partial charge in [-0.3, -0.25) is 14.9 Å². The molecule has 1 N–H and O–H groups in total. The largest absolute Gasteiger partial charge is 0.493 e. The normalized spacial score (nSPS) is 14.3. The Bertz CT molecular complexity index is 1360. The third-order valence-electron chi connectivity index (χ3n) is 6.45. The molecule has 1 aliphatic rings. The van der Waals surface area contributed by atoms with Crippen molar-refractivity contribution in [1.29, 1.82) is 0 Å². The van der Waals surface area contributed by atoms with Crippen molar-refractivity contribution in [3.63, 3.8) is 0 Å². The number of nitrogens with zero attached hydrogens (tertiary/aromatic N) is 1. The predicted molar refractivity (Wildman–Crippen MR) is 141 cm³/mol. The van der Waals surface area contributed by atoms with Crippen LogP contribution in [-0.2, 0) is 13.0 Å². The summed E-state index contributed by atoms with van der Waals surface area (Å²) in [6.45, 7) is 0.281. The fourth-order valence-electron chi connectivity index (χ4n) is 4.75. The maximum atomic E-state index is 13.1. The quantitative estimate of drug-likeness (QED) is 0.253. The Labute approximate surface area is 213 Å². The van der Waals surface area contributed by atoms with Crippen LogP contribution in [0.25, 0.3) is 11.1 Å². The molecule has 1 aliphatic carbocycles. The van der Waals surface area contributed by atoms with Gasteiger partial charge < -0.3 is 19.5 Å². The summed E-state index contributed by atoms with van der Waals surface area (Å²) in [7, 11) is 4.73. The van der Waals surface area contributed by atoms with E-state index in [4.69, 9.17) is 14.2 Å². The number of nitro benzene ring substituents is 1. The first kappa shape index (κ1) is 25.5. The summed E-state index contributed by atoms with van der Waals surface area (Å²) in [5, 5.41) is 15.0. The van der Waals surface area contributed by atoms with Gasteiger partial charge in [0.15, 0.2) is 16.9 Å². The van der Waals surface area contributed by atoms with Gasteiger partial charge in [-0.25, -0.2) is 0 Å². The molecule has 3 aromatic carbocycles. The van der Waals surface area contributed by atoms with Crippen LogP contribution >= 0.6 is 11.8 Å².